The molecule has 2 rings (SSSR count). The van der Waals surface area contributed by atoms with Crippen LogP contribution in [0.5, 0.6) is 0 Å². The van der Waals surface area contributed by atoms with Crippen LogP contribution in [0, 0.1) is 5.92 Å². The van der Waals surface area contributed by atoms with Crippen molar-refractivity contribution in [3.8, 4) is 0 Å². The summed E-state index contributed by atoms with van der Waals surface area (Å²) in [5.41, 5.74) is 7.13. The molecule has 1 aromatic rings. The Balaban J connectivity index is 2.07. The van der Waals surface area contributed by atoms with Gasteiger partial charge in [-0.25, -0.2) is 0 Å². The van der Waals surface area contributed by atoms with Crippen molar-refractivity contribution < 1.29 is 4.74 Å². The summed E-state index contributed by atoms with van der Waals surface area (Å²) in [6.07, 6.45) is 2.33. The predicted octanol–water partition coefficient (Wildman–Crippen LogP) is 3.46. The van der Waals surface area contributed by atoms with Crippen molar-refractivity contribution >= 4 is 27.5 Å². The maximum Gasteiger partial charge on any atom is 0.0491 e. The molecule has 0 saturated carbocycles. The second kappa shape index (κ2) is 7.76. The normalized spacial score (nSPS) is 19.2. The first-order valence-electron chi connectivity index (χ1n) is 7.03. The average Bonchev–Trinajstić information content (AvgIpc) is 2.45. The molecular formula is C15H22BrClN2O. The molecule has 112 valence electrons. The van der Waals surface area contributed by atoms with Crippen molar-refractivity contribution in [2.24, 2.45) is 11.7 Å². The van der Waals surface area contributed by atoms with Crippen molar-refractivity contribution in [2.75, 3.05) is 33.4 Å². The lowest BCUT2D eigenvalue weighted by Crippen LogP contribution is -2.40. The predicted molar refractivity (Wildman–Crippen MR) is 87.1 cm³/mol. The first-order valence-corrected chi connectivity index (χ1v) is 8.20. The standard InChI is InChI=1S/C15H22BrClN2O/c1-20-10-11-4-6-19(7-5-11)15(9-18)13-8-12(16)2-3-14(13)17/h2-3,8,11,15H,4-7,9-10,18H2,1H3. The third-order valence-electron chi connectivity index (χ3n) is 4.03. The van der Waals surface area contributed by atoms with E-state index in [-0.39, 0.29) is 6.04 Å². The summed E-state index contributed by atoms with van der Waals surface area (Å²) < 4.78 is 6.30. The van der Waals surface area contributed by atoms with Gasteiger partial charge >= 0.3 is 0 Å². The van der Waals surface area contributed by atoms with Crippen LogP contribution in [0.4, 0.5) is 0 Å². The number of methoxy groups -OCH3 is 1. The average molecular weight is 362 g/mol. The Bertz CT molecular complexity index is 436. The van der Waals surface area contributed by atoms with E-state index in [9.17, 15) is 0 Å². The van der Waals surface area contributed by atoms with E-state index in [0.29, 0.717) is 12.5 Å². The molecular weight excluding hydrogens is 340 g/mol. The fourth-order valence-electron chi connectivity index (χ4n) is 2.91. The molecule has 20 heavy (non-hydrogen) atoms. The van der Waals surface area contributed by atoms with Gasteiger partial charge in [-0.1, -0.05) is 27.5 Å². The van der Waals surface area contributed by atoms with Crippen LogP contribution in [0.25, 0.3) is 0 Å². The van der Waals surface area contributed by atoms with Gasteiger partial charge in [0, 0.05) is 35.8 Å². The fraction of sp³-hybridized carbons (Fsp3) is 0.600. The fourth-order valence-corrected chi connectivity index (χ4v) is 3.53. The third kappa shape index (κ3) is 3.95. The van der Waals surface area contributed by atoms with E-state index in [1.165, 1.54) is 0 Å². The second-order valence-corrected chi connectivity index (χ2v) is 6.67. The maximum absolute atomic E-state index is 6.34. The molecule has 1 atom stereocenters. The number of nitrogens with zero attached hydrogens (tertiary/aromatic N) is 1. The molecule has 0 amide bonds. The lowest BCUT2D eigenvalue weighted by atomic mass is 9.95. The highest BCUT2D eigenvalue weighted by Gasteiger charge is 2.26. The van der Waals surface area contributed by atoms with E-state index in [2.05, 4.69) is 26.9 Å². The summed E-state index contributed by atoms with van der Waals surface area (Å²) in [4.78, 5) is 2.44. The summed E-state index contributed by atoms with van der Waals surface area (Å²) in [5.74, 6) is 0.674. The van der Waals surface area contributed by atoms with Crippen molar-refractivity contribution in [3.63, 3.8) is 0 Å². The number of hydrogen-bond donors (Lipinski definition) is 1. The lowest BCUT2D eigenvalue weighted by Gasteiger charge is -2.37. The number of halogens is 2. The van der Waals surface area contributed by atoms with Gasteiger partial charge in [-0.05, 0) is 55.6 Å². The van der Waals surface area contributed by atoms with Gasteiger partial charge in [0.2, 0.25) is 0 Å². The molecule has 1 saturated heterocycles. The quantitative estimate of drug-likeness (QED) is 0.873. The number of likely N-dealkylation sites (tertiary alicyclic amines) is 1. The molecule has 3 nitrogen and oxygen atoms in total. The van der Waals surface area contributed by atoms with Crippen LogP contribution in [0.15, 0.2) is 22.7 Å². The maximum atomic E-state index is 6.34. The molecule has 0 bridgehead atoms. The van der Waals surface area contributed by atoms with E-state index in [0.717, 1.165) is 47.6 Å². The van der Waals surface area contributed by atoms with Crippen LogP contribution in [-0.2, 0) is 4.74 Å². The van der Waals surface area contributed by atoms with Gasteiger partial charge in [0.25, 0.3) is 0 Å². The smallest absolute Gasteiger partial charge is 0.0491 e. The largest absolute Gasteiger partial charge is 0.384 e. The number of ether oxygens (including phenoxy) is 1. The molecule has 1 fully saturated rings. The van der Waals surface area contributed by atoms with Gasteiger partial charge in [-0.15, -0.1) is 0 Å². The zero-order chi connectivity index (χ0) is 14.5. The molecule has 1 aliphatic rings. The van der Waals surface area contributed by atoms with Crippen LogP contribution in [0.2, 0.25) is 5.02 Å². The molecule has 0 spiro atoms. The first kappa shape index (κ1) is 16.2. The summed E-state index contributed by atoms with van der Waals surface area (Å²) >= 11 is 9.86. The summed E-state index contributed by atoms with van der Waals surface area (Å²) in [5, 5.41) is 0.794. The Kier molecular flexibility index (Phi) is 6.30. The lowest BCUT2D eigenvalue weighted by molar-refractivity contribution is 0.0810. The Labute approximate surface area is 134 Å². The van der Waals surface area contributed by atoms with Gasteiger partial charge in [0.15, 0.2) is 0 Å². The molecule has 5 heteroatoms. The van der Waals surface area contributed by atoms with Gasteiger partial charge in [-0.3, -0.25) is 4.90 Å². The van der Waals surface area contributed by atoms with E-state index < -0.39 is 0 Å². The summed E-state index contributed by atoms with van der Waals surface area (Å²) in [7, 11) is 1.77. The SMILES string of the molecule is COCC1CCN(C(CN)c2cc(Br)ccc2Cl)CC1. The zero-order valence-corrected chi connectivity index (χ0v) is 14.2. The minimum absolute atomic E-state index is 0.198. The van der Waals surface area contributed by atoms with Crippen LogP contribution < -0.4 is 5.73 Å². The molecule has 0 radical (unpaired) electrons. The zero-order valence-electron chi connectivity index (χ0n) is 11.8. The van der Waals surface area contributed by atoms with Gasteiger partial charge in [-0.2, -0.15) is 0 Å². The van der Waals surface area contributed by atoms with Crippen LogP contribution >= 0.6 is 27.5 Å². The molecule has 0 aliphatic carbocycles. The van der Waals surface area contributed by atoms with Crippen LogP contribution in [0.1, 0.15) is 24.4 Å². The number of nitrogens with two attached hydrogens (primary N) is 1. The minimum atomic E-state index is 0.198. The number of hydrogen-bond acceptors (Lipinski definition) is 3. The van der Waals surface area contributed by atoms with Crippen molar-refractivity contribution in [3.05, 3.63) is 33.3 Å². The number of rotatable bonds is 5. The highest BCUT2D eigenvalue weighted by atomic mass is 79.9. The molecule has 1 aliphatic heterocycles. The van der Waals surface area contributed by atoms with Crippen LogP contribution in [0.3, 0.4) is 0 Å². The van der Waals surface area contributed by atoms with Crippen molar-refractivity contribution in [2.45, 2.75) is 18.9 Å². The van der Waals surface area contributed by atoms with Crippen molar-refractivity contribution in [1.29, 1.82) is 0 Å². The molecule has 1 heterocycles. The topological polar surface area (TPSA) is 38.5 Å². The Morgan fingerprint density at radius 3 is 2.75 bits per heavy atom. The number of piperidine rings is 1. The highest BCUT2D eigenvalue weighted by Crippen LogP contribution is 2.32. The molecule has 1 unspecified atom stereocenters. The Hall–Kier alpha value is -0.130. The summed E-state index contributed by atoms with van der Waals surface area (Å²) in [6, 6.07) is 6.18. The van der Waals surface area contributed by atoms with Gasteiger partial charge < -0.3 is 10.5 Å². The van der Waals surface area contributed by atoms with Crippen LogP contribution in [-0.4, -0.2) is 38.3 Å². The van der Waals surface area contributed by atoms with Gasteiger partial charge in [0.05, 0.1) is 0 Å². The Morgan fingerprint density at radius 1 is 1.45 bits per heavy atom. The van der Waals surface area contributed by atoms with E-state index >= 15 is 0 Å². The van der Waals surface area contributed by atoms with Gasteiger partial charge in [0.1, 0.15) is 0 Å². The third-order valence-corrected chi connectivity index (χ3v) is 4.87. The minimum Gasteiger partial charge on any atom is -0.384 e. The van der Waals surface area contributed by atoms with E-state index in [4.69, 9.17) is 22.1 Å². The van der Waals surface area contributed by atoms with Crippen molar-refractivity contribution in [1.82, 2.24) is 4.90 Å². The monoisotopic (exact) mass is 360 g/mol. The highest BCUT2D eigenvalue weighted by molar-refractivity contribution is 9.10. The van der Waals surface area contributed by atoms with E-state index in [1.807, 2.05) is 12.1 Å². The second-order valence-electron chi connectivity index (χ2n) is 5.35. The molecule has 0 aromatic heterocycles. The Morgan fingerprint density at radius 2 is 2.15 bits per heavy atom. The number of benzene rings is 1. The molecule has 1 aromatic carbocycles. The summed E-state index contributed by atoms with van der Waals surface area (Å²) in [6.45, 7) is 3.56. The first-order chi connectivity index (χ1) is 9.65. The van der Waals surface area contributed by atoms with E-state index in [1.54, 1.807) is 7.11 Å². The molecule has 2 N–H and O–H groups in total.